The van der Waals surface area contributed by atoms with Crippen LogP contribution < -0.4 is 5.32 Å². The van der Waals surface area contributed by atoms with Crippen LogP contribution in [-0.2, 0) is 13.0 Å². The molecule has 1 N–H and O–H groups in total. The molecule has 0 saturated heterocycles. The Bertz CT molecular complexity index is 870. The van der Waals surface area contributed by atoms with Crippen LogP contribution >= 0.6 is 0 Å². The molecule has 0 fully saturated rings. The zero-order valence-corrected chi connectivity index (χ0v) is 15.5. The molecule has 0 bridgehead atoms. The third-order valence-electron chi connectivity index (χ3n) is 4.41. The van der Waals surface area contributed by atoms with E-state index in [1.807, 2.05) is 42.6 Å². The summed E-state index contributed by atoms with van der Waals surface area (Å²) in [5.74, 6) is 0.246. The number of carbonyl (C=O) groups is 1. The van der Waals surface area contributed by atoms with Gasteiger partial charge in [0.25, 0.3) is 5.91 Å². The number of hydrogen-bond donors (Lipinski definition) is 1. The number of aromatic nitrogens is 3. The van der Waals surface area contributed by atoms with E-state index in [9.17, 15) is 4.79 Å². The van der Waals surface area contributed by atoms with Crippen molar-refractivity contribution in [3.8, 4) is 0 Å². The van der Waals surface area contributed by atoms with Crippen LogP contribution in [0.3, 0.4) is 0 Å². The second-order valence-electron chi connectivity index (χ2n) is 6.53. The number of rotatable bonds is 7. The second kappa shape index (κ2) is 9.00. The van der Waals surface area contributed by atoms with Crippen molar-refractivity contribution in [2.45, 2.75) is 25.9 Å². The van der Waals surface area contributed by atoms with Crippen LogP contribution in [0.15, 0.2) is 67.3 Å². The summed E-state index contributed by atoms with van der Waals surface area (Å²) in [4.78, 5) is 27.1. The number of anilines is 1. The van der Waals surface area contributed by atoms with Crippen molar-refractivity contribution in [2.75, 3.05) is 12.4 Å². The highest BCUT2D eigenvalue weighted by Gasteiger charge is 2.13. The molecule has 0 aliphatic heterocycles. The Morgan fingerprint density at radius 1 is 1.11 bits per heavy atom. The topological polar surface area (TPSA) is 71.0 Å². The molecule has 0 spiro atoms. The van der Waals surface area contributed by atoms with Gasteiger partial charge < -0.3 is 5.32 Å². The minimum Gasteiger partial charge on any atom is -0.305 e. The highest BCUT2D eigenvalue weighted by Crippen LogP contribution is 2.13. The van der Waals surface area contributed by atoms with Crippen molar-refractivity contribution >= 4 is 11.7 Å². The largest absolute Gasteiger partial charge is 0.305 e. The van der Waals surface area contributed by atoms with Gasteiger partial charge in [0.2, 0.25) is 0 Å². The third-order valence-corrected chi connectivity index (χ3v) is 4.41. The monoisotopic (exact) mass is 361 g/mol. The van der Waals surface area contributed by atoms with E-state index >= 15 is 0 Å². The number of carbonyl (C=O) groups excluding carboxylic acids is 1. The maximum Gasteiger partial charge on any atom is 0.256 e. The van der Waals surface area contributed by atoms with Gasteiger partial charge >= 0.3 is 0 Å². The van der Waals surface area contributed by atoms with Crippen molar-refractivity contribution in [3.63, 3.8) is 0 Å². The Kier molecular flexibility index (Phi) is 6.22. The molecule has 2 aromatic heterocycles. The molecule has 3 rings (SSSR count). The molecule has 27 heavy (non-hydrogen) atoms. The van der Waals surface area contributed by atoms with Crippen LogP contribution in [0.1, 0.15) is 28.5 Å². The van der Waals surface area contributed by atoms with Crippen molar-refractivity contribution in [3.05, 3.63) is 84.1 Å². The van der Waals surface area contributed by atoms with Crippen LogP contribution in [-0.4, -0.2) is 38.8 Å². The fourth-order valence-electron chi connectivity index (χ4n) is 2.78. The molecule has 0 saturated carbocycles. The molecule has 1 unspecified atom stereocenters. The van der Waals surface area contributed by atoms with Gasteiger partial charge in [0, 0.05) is 48.9 Å². The SMILES string of the molecule is CC(Cc1ccccn1)N(C)Cc1cccc(C(=O)Nc2cnccn2)c1. The van der Waals surface area contributed by atoms with Crippen LogP contribution in [0.5, 0.6) is 0 Å². The zero-order chi connectivity index (χ0) is 19.1. The Morgan fingerprint density at radius 2 is 2.00 bits per heavy atom. The predicted molar refractivity (Wildman–Crippen MR) is 105 cm³/mol. The Morgan fingerprint density at radius 3 is 2.74 bits per heavy atom. The summed E-state index contributed by atoms with van der Waals surface area (Å²) in [7, 11) is 2.08. The van der Waals surface area contributed by atoms with Gasteiger partial charge in [0.15, 0.2) is 5.82 Å². The van der Waals surface area contributed by atoms with Gasteiger partial charge in [-0.3, -0.25) is 19.7 Å². The van der Waals surface area contributed by atoms with Crippen molar-refractivity contribution < 1.29 is 4.79 Å². The van der Waals surface area contributed by atoms with Gasteiger partial charge in [-0.25, -0.2) is 4.98 Å². The van der Waals surface area contributed by atoms with E-state index in [0.29, 0.717) is 17.4 Å². The molecule has 1 atom stereocenters. The first-order valence-corrected chi connectivity index (χ1v) is 8.88. The maximum absolute atomic E-state index is 12.4. The van der Waals surface area contributed by atoms with Gasteiger partial charge in [-0.2, -0.15) is 0 Å². The summed E-state index contributed by atoms with van der Waals surface area (Å²) in [6.45, 7) is 2.93. The molecule has 6 heteroatoms. The van der Waals surface area contributed by atoms with E-state index < -0.39 is 0 Å². The molecule has 0 aliphatic carbocycles. The molecule has 1 aromatic carbocycles. The molecule has 2 heterocycles. The number of likely N-dealkylation sites (N-methyl/N-ethyl adjacent to an activating group) is 1. The summed E-state index contributed by atoms with van der Waals surface area (Å²) in [5, 5.41) is 2.76. The summed E-state index contributed by atoms with van der Waals surface area (Å²) < 4.78 is 0. The van der Waals surface area contributed by atoms with Crippen LogP contribution in [0, 0.1) is 0 Å². The average Bonchev–Trinajstić information content (AvgIpc) is 2.69. The van der Waals surface area contributed by atoms with Gasteiger partial charge in [-0.1, -0.05) is 18.2 Å². The number of pyridine rings is 1. The van der Waals surface area contributed by atoms with Crippen molar-refractivity contribution in [2.24, 2.45) is 0 Å². The normalized spacial score (nSPS) is 12.0. The quantitative estimate of drug-likeness (QED) is 0.700. The van der Waals surface area contributed by atoms with Gasteiger partial charge in [-0.05, 0) is 43.8 Å². The van der Waals surface area contributed by atoms with Gasteiger partial charge in [0.05, 0.1) is 6.20 Å². The lowest BCUT2D eigenvalue weighted by Gasteiger charge is -2.24. The summed E-state index contributed by atoms with van der Waals surface area (Å²) in [6.07, 6.45) is 7.34. The number of amides is 1. The first-order chi connectivity index (χ1) is 13.1. The number of hydrogen-bond acceptors (Lipinski definition) is 5. The summed E-state index contributed by atoms with van der Waals surface area (Å²) >= 11 is 0. The molecular formula is C21H23N5O. The van der Waals surface area contributed by atoms with E-state index in [1.165, 1.54) is 6.20 Å². The Hall–Kier alpha value is -3.12. The van der Waals surface area contributed by atoms with Crippen molar-refractivity contribution in [1.29, 1.82) is 0 Å². The van der Waals surface area contributed by atoms with E-state index in [-0.39, 0.29) is 5.91 Å². The van der Waals surface area contributed by atoms with E-state index in [0.717, 1.165) is 24.2 Å². The van der Waals surface area contributed by atoms with Crippen molar-refractivity contribution in [1.82, 2.24) is 19.9 Å². The Balaban J connectivity index is 1.62. The fraction of sp³-hybridized carbons (Fsp3) is 0.238. The molecule has 0 aliphatic rings. The minimum absolute atomic E-state index is 0.193. The fourth-order valence-corrected chi connectivity index (χ4v) is 2.78. The number of nitrogens with one attached hydrogen (secondary N) is 1. The molecular weight excluding hydrogens is 338 g/mol. The average molecular weight is 361 g/mol. The molecule has 138 valence electrons. The predicted octanol–water partition coefficient (Wildman–Crippen LogP) is 3.19. The number of nitrogens with zero attached hydrogens (tertiary/aromatic N) is 4. The lowest BCUT2D eigenvalue weighted by Crippen LogP contribution is -2.30. The smallest absolute Gasteiger partial charge is 0.256 e. The molecule has 0 radical (unpaired) electrons. The van der Waals surface area contributed by atoms with Gasteiger partial charge in [0.1, 0.15) is 0 Å². The number of benzene rings is 1. The standard InChI is InChI=1S/C21H23N5O/c1-16(12-19-8-3-4-9-23-19)26(2)15-17-6-5-7-18(13-17)21(27)25-20-14-22-10-11-24-20/h3-11,13-14,16H,12,15H2,1-2H3,(H,24,25,27). The first-order valence-electron chi connectivity index (χ1n) is 8.88. The second-order valence-corrected chi connectivity index (χ2v) is 6.53. The molecule has 6 nitrogen and oxygen atoms in total. The molecule has 1 amide bonds. The first kappa shape index (κ1) is 18.7. The third kappa shape index (κ3) is 5.43. The molecule has 3 aromatic rings. The van der Waals surface area contributed by atoms with Crippen LogP contribution in [0.2, 0.25) is 0 Å². The van der Waals surface area contributed by atoms with Gasteiger partial charge in [-0.15, -0.1) is 0 Å². The highest BCUT2D eigenvalue weighted by molar-refractivity contribution is 6.03. The lowest BCUT2D eigenvalue weighted by molar-refractivity contribution is 0.102. The minimum atomic E-state index is -0.193. The van der Waals surface area contributed by atoms with Crippen LogP contribution in [0.4, 0.5) is 5.82 Å². The Labute approximate surface area is 159 Å². The van der Waals surface area contributed by atoms with E-state index in [4.69, 9.17) is 0 Å². The highest BCUT2D eigenvalue weighted by atomic mass is 16.1. The van der Waals surface area contributed by atoms with Crippen LogP contribution in [0.25, 0.3) is 0 Å². The summed E-state index contributed by atoms with van der Waals surface area (Å²) in [5.41, 5.74) is 2.76. The zero-order valence-electron chi connectivity index (χ0n) is 15.5. The lowest BCUT2D eigenvalue weighted by atomic mass is 10.1. The maximum atomic E-state index is 12.4. The van der Waals surface area contributed by atoms with E-state index in [1.54, 1.807) is 18.5 Å². The van der Waals surface area contributed by atoms with E-state index in [2.05, 4.69) is 39.1 Å². The summed E-state index contributed by atoms with van der Waals surface area (Å²) in [6, 6.07) is 14.0.